The van der Waals surface area contributed by atoms with Crippen LogP contribution in [0.2, 0.25) is 10.0 Å². The highest BCUT2D eigenvalue weighted by molar-refractivity contribution is 9.10. The maximum absolute atomic E-state index is 6.34. The maximum Gasteiger partial charge on any atom is 0.133 e. The predicted octanol–water partition coefficient (Wildman–Crippen LogP) is 4.82. The number of nitrogens with two attached hydrogens (primary N) is 1. The van der Waals surface area contributed by atoms with Crippen molar-refractivity contribution in [2.45, 2.75) is 6.04 Å². The normalized spacial score (nSPS) is 12.1. The molecule has 0 saturated heterocycles. The SMILES string of the molecule is COc1cc(C(N)c2cc(Cl)ccc2Cl)c(OC)cc1Br. The van der Waals surface area contributed by atoms with E-state index in [0.29, 0.717) is 21.5 Å². The molecule has 1 unspecified atom stereocenters. The number of rotatable bonds is 4. The monoisotopic (exact) mass is 389 g/mol. The van der Waals surface area contributed by atoms with E-state index in [4.69, 9.17) is 38.4 Å². The predicted molar refractivity (Wildman–Crippen MR) is 89.7 cm³/mol. The van der Waals surface area contributed by atoms with Crippen LogP contribution in [-0.4, -0.2) is 14.2 Å². The summed E-state index contributed by atoms with van der Waals surface area (Å²) in [7, 11) is 3.18. The molecule has 3 nitrogen and oxygen atoms in total. The molecule has 2 N–H and O–H groups in total. The van der Waals surface area contributed by atoms with Gasteiger partial charge in [0.15, 0.2) is 0 Å². The van der Waals surface area contributed by atoms with Crippen LogP contribution in [0.5, 0.6) is 11.5 Å². The Kier molecular flexibility index (Phi) is 5.38. The van der Waals surface area contributed by atoms with Gasteiger partial charge in [0.1, 0.15) is 11.5 Å². The molecule has 1 atom stereocenters. The Balaban J connectivity index is 2.56. The van der Waals surface area contributed by atoms with Crippen LogP contribution in [-0.2, 0) is 0 Å². The standard InChI is InChI=1S/C15H14BrCl2NO2/c1-20-13-7-11(16)14(21-2)6-10(13)15(19)9-5-8(17)3-4-12(9)18/h3-7,15H,19H2,1-2H3. The lowest BCUT2D eigenvalue weighted by molar-refractivity contribution is 0.395. The molecule has 0 aliphatic heterocycles. The Morgan fingerprint density at radius 1 is 1.00 bits per heavy atom. The first kappa shape index (κ1) is 16.4. The van der Waals surface area contributed by atoms with Crippen LogP contribution in [0, 0.1) is 0 Å². The van der Waals surface area contributed by atoms with Crippen molar-refractivity contribution in [3.63, 3.8) is 0 Å². The minimum Gasteiger partial charge on any atom is -0.496 e. The van der Waals surface area contributed by atoms with Crippen molar-refractivity contribution in [2.24, 2.45) is 5.73 Å². The van der Waals surface area contributed by atoms with E-state index in [1.807, 2.05) is 12.1 Å². The van der Waals surface area contributed by atoms with Crippen LogP contribution in [0.3, 0.4) is 0 Å². The molecule has 21 heavy (non-hydrogen) atoms. The van der Waals surface area contributed by atoms with E-state index in [-0.39, 0.29) is 0 Å². The summed E-state index contributed by atoms with van der Waals surface area (Å²) in [6.07, 6.45) is 0. The Morgan fingerprint density at radius 2 is 1.67 bits per heavy atom. The lowest BCUT2D eigenvalue weighted by Crippen LogP contribution is -2.14. The number of halogens is 3. The average molecular weight is 391 g/mol. The minimum absolute atomic E-state index is 0.479. The number of ether oxygens (including phenoxy) is 2. The minimum atomic E-state index is -0.479. The van der Waals surface area contributed by atoms with Gasteiger partial charge < -0.3 is 15.2 Å². The summed E-state index contributed by atoms with van der Waals surface area (Å²) in [5, 5.41) is 1.13. The molecule has 6 heteroatoms. The third-order valence-electron chi connectivity index (χ3n) is 3.13. The molecule has 2 rings (SSSR count). The summed E-state index contributed by atoms with van der Waals surface area (Å²) in [5.74, 6) is 1.31. The molecule has 0 amide bonds. The average Bonchev–Trinajstić information content (AvgIpc) is 2.48. The molecule has 0 heterocycles. The molecule has 0 bridgehead atoms. The third kappa shape index (κ3) is 3.46. The van der Waals surface area contributed by atoms with Crippen molar-refractivity contribution in [3.05, 3.63) is 56.0 Å². The van der Waals surface area contributed by atoms with Crippen LogP contribution in [0.25, 0.3) is 0 Å². The first-order valence-corrected chi connectivity index (χ1v) is 7.64. The fourth-order valence-electron chi connectivity index (χ4n) is 2.05. The summed E-state index contributed by atoms with van der Waals surface area (Å²) in [4.78, 5) is 0. The number of hydrogen-bond donors (Lipinski definition) is 1. The molecular formula is C15H14BrCl2NO2. The van der Waals surface area contributed by atoms with Gasteiger partial charge >= 0.3 is 0 Å². The van der Waals surface area contributed by atoms with E-state index in [9.17, 15) is 0 Å². The Bertz CT molecular complexity index is 664. The Morgan fingerprint density at radius 3 is 2.29 bits per heavy atom. The molecule has 0 aliphatic carbocycles. The molecule has 112 valence electrons. The maximum atomic E-state index is 6.34. The molecule has 0 spiro atoms. The van der Waals surface area contributed by atoms with Gasteiger partial charge in [0, 0.05) is 15.6 Å². The van der Waals surface area contributed by atoms with Gasteiger partial charge in [-0.25, -0.2) is 0 Å². The fourth-order valence-corrected chi connectivity index (χ4v) is 2.95. The van der Waals surface area contributed by atoms with Gasteiger partial charge in [0.25, 0.3) is 0 Å². The second-order valence-electron chi connectivity index (χ2n) is 4.37. The van der Waals surface area contributed by atoms with Crippen molar-refractivity contribution < 1.29 is 9.47 Å². The summed E-state index contributed by atoms with van der Waals surface area (Å²) >= 11 is 15.7. The molecule has 0 fully saturated rings. The van der Waals surface area contributed by atoms with Crippen LogP contribution in [0.15, 0.2) is 34.8 Å². The molecule has 0 aromatic heterocycles. The van der Waals surface area contributed by atoms with Crippen LogP contribution < -0.4 is 15.2 Å². The highest BCUT2D eigenvalue weighted by Crippen LogP contribution is 2.39. The molecule has 0 radical (unpaired) electrons. The van der Waals surface area contributed by atoms with Gasteiger partial charge in [-0.2, -0.15) is 0 Å². The Hall–Kier alpha value is -0.940. The van der Waals surface area contributed by atoms with Crippen molar-refractivity contribution in [3.8, 4) is 11.5 Å². The van der Waals surface area contributed by atoms with Crippen LogP contribution in [0.4, 0.5) is 0 Å². The van der Waals surface area contributed by atoms with Gasteiger partial charge in [-0.05, 0) is 51.8 Å². The summed E-state index contributed by atoms with van der Waals surface area (Å²) in [6.45, 7) is 0. The zero-order valence-corrected chi connectivity index (χ0v) is 14.6. The van der Waals surface area contributed by atoms with Gasteiger partial charge in [-0.1, -0.05) is 23.2 Å². The molecule has 0 aliphatic rings. The van der Waals surface area contributed by atoms with E-state index in [1.54, 1.807) is 32.4 Å². The van der Waals surface area contributed by atoms with Crippen LogP contribution >= 0.6 is 39.1 Å². The molecule has 2 aromatic carbocycles. The zero-order valence-electron chi connectivity index (χ0n) is 11.5. The van der Waals surface area contributed by atoms with Gasteiger partial charge in [0.2, 0.25) is 0 Å². The van der Waals surface area contributed by atoms with E-state index in [1.165, 1.54) is 0 Å². The molecule has 2 aromatic rings. The lowest BCUT2D eigenvalue weighted by atomic mass is 9.98. The zero-order chi connectivity index (χ0) is 15.6. The summed E-state index contributed by atoms with van der Waals surface area (Å²) < 4.78 is 11.5. The summed E-state index contributed by atoms with van der Waals surface area (Å²) in [6, 6.07) is 8.36. The van der Waals surface area contributed by atoms with E-state index >= 15 is 0 Å². The highest BCUT2D eigenvalue weighted by atomic mass is 79.9. The molecule has 0 saturated carbocycles. The van der Waals surface area contributed by atoms with Gasteiger partial charge in [0.05, 0.1) is 24.7 Å². The summed E-state index contributed by atoms with van der Waals surface area (Å²) in [5.41, 5.74) is 7.84. The van der Waals surface area contributed by atoms with Crippen molar-refractivity contribution in [1.29, 1.82) is 0 Å². The highest BCUT2D eigenvalue weighted by Gasteiger charge is 2.19. The quantitative estimate of drug-likeness (QED) is 0.813. The Labute approximate surface area is 142 Å². The third-order valence-corrected chi connectivity index (χ3v) is 4.33. The first-order valence-electron chi connectivity index (χ1n) is 6.10. The smallest absolute Gasteiger partial charge is 0.133 e. The second kappa shape index (κ2) is 6.88. The van der Waals surface area contributed by atoms with Crippen molar-refractivity contribution >= 4 is 39.1 Å². The van der Waals surface area contributed by atoms with Crippen molar-refractivity contribution in [2.75, 3.05) is 14.2 Å². The topological polar surface area (TPSA) is 44.5 Å². The van der Waals surface area contributed by atoms with E-state index in [2.05, 4.69) is 15.9 Å². The van der Waals surface area contributed by atoms with E-state index < -0.39 is 6.04 Å². The largest absolute Gasteiger partial charge is 0.496 e. The lowest BCUT2D eigenvalue weighted by Gasteiger charge is -2.19. The molecular weight excluding hydrogens is 377 g/mol. The number of methoxy groups -OCH3 is 2. The van der Waals surface area contributed by atoms with Crippen molar-refractivity contribution in [1.82, 2.24) is 0 Å². The van der Waals surface area contributed by atoms with Gasteiger partial charge in [-0.3, -0.25) is 0 Å². The number of hydrogen-bond acceptors (Lipinski definition) is 3. The van der Waals surface area contributed by atoms with Crippen LogP contribution in [0.1, 0.15) is 17.2 Å². The number of benzene rings is 2. The van der Waals surface area contributed by atoms with E-state index in [0.717, 1.165) is 15.6 Å². The first-order chi connectivity index (χ1) is 9.97. The fraction of sp³-hybridized carbons (Fsp3) is 0.200. The second-order valence-corrected chi connectivity index (χ2v) is 6.07. The van der Waals surface area contributed by atoms with Gasteiger partial charge in [-0.15, -0.1) is 0 Å².